The van der Waals surface area contributed by atoms with Crippen LogP contribution in [0.3, 0.4) is 0 Å². The van der Waals surface area contributed by atoms with E-state index >= 15 is 0 Å². The molecule has 142 valence electrons. The van der Waals surface area contributed by atoms with Gasteiger partial charge in [0.2, 0.25) is 0 Å². The van der Waals surface area contributed by atoms with Crippen LogP contribution in [0.4, 0.5) is 0 Å². The first-order chi connectivity index (χ1) is 13.1. The molecule has 1 fully saturated rings. The van der Waals surface area contributed by atoms with Crippen molar-refractivity contribution >= 4 is 11.9 Å². The number of ether oxygens (including phenoxy) is 1. The van der Waals surface area contributed by atoms with Crippen molar-refractivity contribution in [1.82, 2.24) is 5.32 Å². The van der Waals surface area contributed by atoms with E-state index in [1.807, 2.05) is 60.7 Å². The molecule has 0 aliphatic heterocycles. The molecule has 4 heteroatoms. The normalized spacial score (nSPS) is 19.5. The Morgan fingerprint density at radius 1 is 0.963 bits per heavy atom. The van der Waals surface area contributed by atoms with Gasteiger partial charge in [0.05, 0.1) is 0 Å². The zero-order valence-electron chi connectivity index (χ0n) is 15.8. The van der Waals surface area contributed by atoms with E-state index in [9.17, 15) is 9.59 Å². The van der Waals surface area contributed by atoms with Crippen molar-refractivity contribution in [3.63, 3.8) is 0 Å². The van der Waals surface area contributed by atoms with Crippen molar-refractivity contribution < 1.29 is 14.3 Å². The summed E-state index contributed by atoms with van der Waals surface area (Å²) < 4.78 is 5.40. The highest BCUT2D eigenvalue weighted by molar-refractivity contribution is 5.85. The maximum absolute atomic E-state index is 12.8. The number of rotatable bonds is 6. The monoisotopic (exact) mass is 365 g/mol. The van der Waals surface area contributed by atoms with Gasteiger partial charge in [-0.25, -0.2) is 0 Å². The first kappa shape index (κ1) is 19.2. The molecule has 0 heterocycles. The molecule has 0 unspecified atom stereocenters. The fourth-order valence-corrected chi connectivity index (χ4v) is 3.75. The minimum Gasteiger partial charge on any atom is -0.455 e. The second-order valence-corrected chi connectivity index (χ2v) is 7.30. The van der Waals surface area contributed by atoms with Gasteiger partial charge in [-0.15, -0.1) is 0 Å². The number of hydrogen-bond acceptors (Lipinski definition) is 3. The van der Waals surface area contributed by atoms with Crippen molar-refractivity contribution in [3.8, 4) is 0 Å². The van der Waals surface area contributed by atoms with E-state index in [1.165, 1.54) is 6.42 Å². The van der Waals surface area contributed by atoms with E-state index in [4.69, 9.17) is 4.74 Å². The average molecular weight is 365 g/mol. The largest absolute Gasteiger partial charge is 0.455 e. The van der Waals surface area contributed by atoms with Crippen LogP contribution in [0.15, 0.2) is 60.7 Å². The minimum absolute atomic E-state index is 0.184. The van der Waals surface area contributed by atoms with Crippen LogP contribution < -0.4 is 5.32 Å². The van der Waals surface area contributed by atoms with E-state index in [0.717, 1.165) is 30.4 Å². The average Bonchev–Trinajstić information content (AvgIpc) is 2.70. The summed E-state index contributed by atoms with van der Waals surface area (Å²) in [5.74, 6) is -0.685. The highest BCUT2D eigenvalue weighted by atomic mass is 16.5. The smallest absolute Gasteiger partial charge is 0.318 e. The Kier molecular flexibility index (Phi) is 6.64. The summed E-state index contributed by atoms with van der Waals surface area (Å²) in [7, 11) is 0. The van der Waals surface area contributed by atoms with Gasteiger partial charge in [-0.3, -0.25) is 9.59 Å². The Labute approximate surface area is 160 Å². The van der Waals surface area contributed by atoms with Crippen LogP contribution in [0.5, 0.6) is 0 Å². The van der Waals surface area contributed by atoms with Crippen molar-refractivity contribution in [2.45, 2.75) is 44.6 Å². The lowest BCUT2D eigenvalue weighted by Crippen LogP contribution is -2.43. The third kappa shape index (κ3) is 5.19. The number of nitrogens with one attached hydrogen (secondary N) is 1. The van der Waals surface area contributed by atoms with Gasteiger partial charge >= 0.3 is 5.97 Å². The molecule has 0 bridgehead atoms. The van der Waals surface area contributed by atoms with E-state index in [-0.39, 0.29) is 18.6 Å². The highest BCUT2D eigenvalue weighted by Gasteiger charge is 2.26. The third-order valence-electron chi connectivity index (χ3n) is 5.30. The predicted octanol–water partition coefficient (Wildman–Crippen LogP) is 4.06. The Bertz CT molecular complexity index is 705. The number of carbonyl (C=O) groups excluding carboxylic acids is 2. The fraction of sp³-hybridized carbons (Fsp3) is 0.391. The molecule has 1 aliphatic rings. The molecule has 2 aromatic rings. The summed E-state index contributed by atoms with van der Waals surface area (Å²) in [6.07, 6.45) is 4.49. The summed E-state index contributed by atoms with van der Waals surface area (Å²) in [4.78, 5) is 25.1. The topological polar surface area (TPSA) is 55.4 Å². The van der Waals surface area contributed by atoms with Crippen molar-refractivity contribution in [1.29, 1.82) is 0 Å². The zero-order chi connectivity index (χ0) is 19.1. The zero-order valence-corrected chi connectivity index (χ0v) is 15.8. The third-order valence-corrected chi connectivity index (χ3v) is 5.30. The quantitative estimate of drug-likeness (QED) is 0.786. The number of benzene rings is 2. The summed E-state index contributed by atoms with van der Waals surface area (Å²) >= 11 is 0. The predicted molar refractivity (Wildman–Crippen MR) is 105 cm³/mol. The molecule has 0 saturated heterocycles. The van der Waals surface area contributed by atoms with Crippen LogP contribution in [-0.2, 0) is 14.3 Å². The first-order valence-corrected chi connectivity index (χ1v) is 9.71. The summed E-state index contributed by atoms with van der Waals surface area (Å²) in [5.41, 5.74) is 1.71. The maximum atomic E-state index is 12.8. The lowest BCUT2D eigenvalue weighted by molar-refractivity contribution is -0.149. The van der Waals surface area contributed by atoms with Gasteiger partial charge in [0, 0.05) is 6.04 Å². The molecule has 1 N–H and O–H groups in total. The fourth-order valence-electron chi connectivity index (χ4n) is 3.75. The van der Waals surface area contributed by atoms with Crippen LogP contribution in [0.1, 0.15) is 49.7 Å². The molecule has 3 rings (SSSR count). The van der Waals surface area contributed by atoms with Crippen molar-refractivity contribution in [2.24, 2.45) is 5.92 Å². The summed E-state index contributed by atoms with van der Waals surface area (Å²) in [6.45, 7) is 1.93. The Hall–Kier alpha value is -2.62. The van der Waals surface area contributed by atoms with E-state index in [2.05, 4.69) is 12.2 Å². The van der Waals surface area contributed by atoms with Crippen LogP contribution in [0.2, 0.25) is 0 Å². The molecule has 0 spiro atoms. The van der Waals surface area contributed by atoms with E-state index < -0.39 is 11.9 Å². The Morgan fingerprint density at radius 3 is 2.07 bits per heavy atom. The van der Waals surface area contributed by atoms with Gasteiger partial charge < -0.3 is 10.1 Å². The van der Waals surface area contributed by atoms with Gasteiger partial charge in [-0.2, -0.15) is 0 Å². The molecule has 0 radical (unpaired) electrons. The summed E-state index contributed by atoms with van der Waals surface area (Å²) in [6, 6.07) is 19.2. The number of carbonyl (C=O) groups is 2. The Morgan fingerprint density at radius 2 is 1.52 bits per heavy atom. The molecule has 2 atom stereocenters. The highest BCUT2D eigenvalue weighted by Crippen LogP contribution is 2.26. The van der Waals surface area contributed by atoms with E-state index in [1.54, 1.807) is 0 Å². The van der Waals surface area contributed by atoms with Crippen LogP contribution in [0, 0.1) is 5.92 Å². The van der Waals surface area contributed by atoms with Crippen molar-refractivity contribution in [3.05, 3.63) is 71.8 Å². The summed E-state index contributed by atoms with van der Waals surface area (Å²) in [5, 5.41) is 3.03. The van der Waals surface area contributed by atoms with Crippen LogP contribution in [-0.4, -0.2) is 24.5 Å². The van der Waals surface area contributed by atoms with Gasteiger partial charge in [0.15, 0.2) is 6.61 Å². The molecule has 1 aliphatic carbocycles. The molecule has 1 saturated carbocycles. The van der Waals surface area contributed by atoms with Gasteiger partial charge in [0.25, 0.3) is 5.91 Å². The second kappa shape index (κ2) is 9.36. The number of amides is 1. The van der Waals surface area contributed by atoms with Gasteiger partial charge in [0.1, 0.15) is 5.92 Å². The molecular weight excluding hydrogens is 338 g/mol. The van der Waals surface area contributed by atoms with Crippen molar-refractivity contribution in [2.75, 3.05) is 6.61 Å². The molecule has 0 aromatic heterocycles. The van der Waals surface area contributed by atoms with Crippen LogP contribution >= 0.6 is 0 Å². The first-order valence-electron chi connectivity index (χ1n) is 9.71. The standard InChI is InChI=1S/C23H27NO3/c1-17-10-8-9-15-20(17)24-21(25)16-27-23(26)22(18-11-4-2-5-12-18)19-13-6-3-7-14-19/h2-7,11-14,17,20,22H,8-10,15-16H2,1H3,(H,24,25)/t17-,20+/m0/s1. The molecular formula is C23H27NO3. The maximum Gasteiger partial charge on any atom is 0.318 e. The molecule has 2 aromatic carbocycles. The van der Waals surface area contributed by atoms with E-state index in [0.29, 0.717) is 5.92 Å². The minimum atomic E-state index is -0.534. The SMILES string of the molecule is C[C@H]1CCCC[C@H]1NC(=O)COC(=O)C(c1ccccc1)c1ccccc1. The molecule has 27 heavy (non-hydrogen) atoms. The second-order valence-electron chi connectivity index (χ2n) is 7.30. The molecule has 1 amide bonds. The lowest BCUT2D eigenvalue weighted by Gasteiger charge is -2.29. The number of esters is 1. The lowest BCUT2D eigenvalue weighted by atomic mass is 9.86. The molecule has 4 nitrogen and oxygen atoms in total. The van der Waals surface area contributed by atoms with Gasteiger partial charge in [-0.05, 0) is 29.9 Å². The Balaban J connectivity index is 1.64. The number of hydrogen-bond donors (Lipinski definition) is 1. The van der Waals surface area contributed by atoms with Gasteiger partial charge in [-0.1, -0.05) is 80.4 Å². The van der Waals surface area contributed by atoms with Crippen LogP contribution in [0.25, 0.3) is 0 Å².